The molecule has 2 aromatic rings. The van der Waals surface area contributed by atoms with Gasteiger partial charge in [0.2, 0.25) is 11.8 Å². The van der Waals surface area contributed by atoms with Gasteiger partial charge in [-0.1, -0.05) is 29.8 Å². The summed E-state index contributed by atoms with van der Waals surface area (Å²) >= 11 is 6.07. The fourth-order valence-electron chi connectivity index (χ4n) is 2.61. The van der Waals surface area contributed by atoms with Gasteiger partial charge >= 0.3 is 0 Å². The summed E-state index contributed by atoms with van der Waals surface area (Å²) < 4.78 is 0. The zero-order valence-corrected chi connectivity index (χ0v) is 13.1. The van der Waals surface area contributed by atoms with Gasteiger partial charge in [-0.3, -0.25) is 14.6 Å². The lowest BCUT2D eigenvalue weighted by atomic mass is 10.0. The van der Waals surface area contributed by atoms with Gasteiger partial charge in [0.1, 0.15) is 6.04 Å². The minimum absolute atomic E-state index is 0.0951. The first-order valence-corrected chi connectivity index (χ1v) is 7.77. The maximum atomic E-state index is 12.4. The van der Waals surface area contributed by atoms with E-state index in [0.717, 1.165) is 5.56 Å². The number of pyridine rings is 1. The number of hydrogen-bond donors (Lipinski definition) is 2. The summed E-state index contributed by atoms with van der Waals surface area (Å²) in [6.07, 6.45) is 2.56. The molecule has 2 heterocycles. The number of hydrogen-bond acceptors (Lipinski definition) is 3. The second-order valence-corrected chi connectivity index (χ2v) is 5.85. The Balaban J connectivity index is 1.87. The Morgan fingerprint density at radius 1 is 1.30 bits per heavy atom. The van der Waals surface area contributed by atoms with E-state index in [0.29, 0.717) is 23.6 Å². The number of benzene rings is 1. The van der Waals surface area contributed by atoms with E-state index in [1.165, 1.54) is 0 Å². The molecule has 0 bridgehead atoms. The Kier molecular flexibility index (Phi) is 4.57. The van der Waals surface area contributed by atoms with Crippen LogP contribution in [0.25, 0.3) is 0 Å². The Bertz CT molecular complexity index is 721. The van der Waals surface area contributed by atoms with Gasteiger partial charge in [0.15, 0.2) is 0 Å². The maximum absolute atomic E-state index is 12.4. The largest absolute Gasteiger partial charge is 0.344 e. The lowest BCUT2D eigenvalue weighted by Gasteiger charge is -2.21. The fourth-order valence-corrected chi connectivity index (χ4v) is 2.81. The van der Waals surface area contributed by atoms with E-state index in [9.17, 15) is 9.59 Å². The summed E-state index contributed by atoms with van der Waals surface area (Å²) in [5.41, 5.74) is 1.56. The van der Waals surface area contributed by atoms with Crippen LogP contribution in [0.3, 0.4) is 0 Å². The van der Waals surface area contributed by atoms with Gasteiger partial charge in [0, 0.05) is 17.6 Å². The molecule has 0 aliphatic carbocycles. The zero-order chi connectivity index (χ0) is 16.2. The van der Waals surface area contributed by atoms with Crippen molar-refractivity contribution >= 4 is 23.4 Å². The molecule has 3 rings (SSSR count). The maximum Gasteiger partial charge on any atom is 0.243 e. The fraction of sp³-hybridized carbons (Fsp3) is 0.235. The van der Waals surface area contributed by atoms with Gasteiger partial charge in [0.25, 0.3) is 0 Å². The van der Waals surface area contributed by atoms with E-state index in [-0.39, 0.29) is 11.8 Å². The van der Waals surface area contributed by atoms with Gasteiger partial charge in [-0.05, 0) is 36.2 Å². The molecule has 1 aliphatic rings. The number of rotatable bonds is 4. The van der Waals surface area contributed by atoms with Crippen molar-refractivity contribution in [3.05, 3.63) is 64.9 Å². The second-order valence-electron chi connectivity index (χ2n) is 5.41. The number of aromatic nitrogens is 1. The van der Waals surface area contributed by atoms with Crippen molar-refractivity contribution in [2.75, 3.05) is 0 Å². The van der Waals surface area contributed by atoms with E-state index < -0.39 is 12.1 Å². The first-order valence-electron chi connectivity index (χ1n) is 7.39. The highest BCUT2D eigenvalue weighted by atomic mass is 35.5. The van der Waals surface area contributed by atoms with Crippen LogP contribution in [0, 0.1) is 0 Å². The van der Waals surface area contributed by atoms with Crippen molar-refractivity contribution in [2.24, 2.45) is 0 Å². The average Bonchev–Trinajstić information content (AvgIpc) is 3.00. The van der Waals surface area contributed by atoms with E-state index in [1.54, 1.807) is 18.3 Å². The van der Waals surface area contributed by atoms with Gasteiger partial charge in [-0.15, -0.1) is 0 Å². The van der Waals surface area contributed by atoms with Gasteiger partial charge < -0.3 is 10.6 Å². The van der Waals surface area contributed by atoms with E-state index in [4.69, 9.17) is 11.6 Å². The van der Waals surface area contributed by atoms with Crippen molar-refractivity contribution in [3.63, 3.8) is 0 Å². The van der Waals surface area contributed by atoms with Crippen LogP contribution in [0.2, 0.25) is 5.02 Å². The minimum Gasteiger partial charge on any atom is -0.344 e. The molecule has 2 amide bonds. The molecule has 2 N–H and O–H groups in total. The molecule has 0 unspecified atom stereocenters. The predicted molar refractivity (Wildman–Crippen MR) is 86.8 cm³/mol. The standard InChI is InChI=1S/C17H16ClN3O2/c18-12-5-3-4-11(10-12)16(13-6-1-2-9-19-13)21-17(23)14-7-8-15(22)20-14/h1-6,9-10,14,16H,7-8H2,(H,20,22)(H,21,23)/t14-,16+/m1/s1. The summed E-state index contributed by atoms with van der Waals surface area (Å²) in [6, 6.07) is 11.9. The number of amides is 2. The summed E-state index contributed by atoms with van der Waals surface area (Å²) in [5, 5.41) is 6.23. The highest BCUT2D eigenvalue weighted by Gasteiger charge is 2.29. The highest BCUT2D eigenvalue weighted by Crippen LogP contribution is 2.23. The summed E-state index contributed by atoms with van der Waals surface area (Å²) in [5.74, 6) is -0.311. The minimum atomic E-state index is -0.493. The van der Waals surface area contributed by atoms with Gasteiger partial charge in [0.05, 0.1) is 11.7 Å². The molecule has 2 atom stereocenters. The van der Waals surface area contributed by atoms with Crippen LogP contribution in [-0.4, -0.2) is 22.8 Å². The van der Waals surface area contributed by atoms with Gasteiger partial charge in [-0.2, -0.15) is 0 Å². The van der Waals surface area contributed by atoms with Crippen LogP contribution in [0.4, 0.5) is 0 Å². The smallest absolute Gasteiger partial charge is 0.243 e. The van der Waals surface area contributed by atoms with Crippen molar-refractivity contribution in [1.29, 1.82) is 0 Å². The Morgan fingerprint density at radius 3 is 2.83 bits per heavy atom. The monoisotopic (exact) mass is 329 g/mol. The van der Waals surface area contributed by atoms with Crippen LogP contribution in [-0.2, 0) is 9.59 Å². The number of carbonyl (C=O) groups is 2. The summed E-state index contributed by atoms with van der Waals surface area (Å²) in [6.45, 7) is 0. The molecule has 0 radical (unpaired) electrons. The molecule has 1 fully saturated rings. The quantitative estimate of drug-likeness (QED) is 0.903. The molecule has 1 saturated heterocycles. The van der Waals surface area contributed by atoms with E-state index in [1.807, 2.05) is 30.3 Å². The molecular weight excluding hydrogens is 314 g/mol. The molecule has 1 aromatic heterocycles. The lowest BCUT2D eigenvalue weighted by molar-refractivity contribution is -0.126. The van der Waals surface area contributed by atoms with Crippen LogP contribution in [0.15, 0.2) is 48.7 Å². The second kappa shape index (κ2) is 6.79. The molecular formula is C17H16ClN3O2. The summed E-state index contributed by atoms with van der Waals surface area (Å²) in [4.78, 5) is 28.1. The molecule has 1 aliphatic heterocycles. The number of nitrogens with zero attached hydrogens (tertiary/aromatic N) is 1. The van der Waals surface area contributed by atoms with Crippen molar-refractivity contribution in [1.82, 2.24) is 15.6 Å². The van der Waals surface area contributed by atoms with Gasteiger partial charge in [-0.25, -0.2) is 0 Å². The molecule has 5 nitrogen and oxygen atoms in total. The molecule has 6 heteroatoms. The predicted octanol–water partition coefficient (Wildman–Crippen LogP) is 2.22. The average molecular weight is 330 g/mol. The highest BCUT2D eigenvalue weighted by molar-refractivity contribution is 6.30. The van der Waals surface area contributed by atoms with Crippen LogP contribution in [0.5, 0.6) is 0 Å². The van der Waals surface area contributed by atoms with Crippen LogP contribution in [0.1, 0.15) is 30.1 Å². The Morgan fingerprint density at radius 2 is 2.17 bits per heavy atom. The molecule has 0 spiro atoms. The lowest BCUT2D eigenvalue weighted by Crippen LogP contribution is -2.43. The first-order chi connectivity index (χ1) is 11.1. The molecule has 0 saturated carbocycles. The molecule has 1 aromatic carbocycles. The first kappa shape index (κ1) is 15.5. The van der Waals surface area contributed by atoms with E-state index in [2.05, 4.69) is 15.6 Å². The Hall–Kier alpha value is -2.40. The normalized spacial score (nSPS) is 18.3. The molecule has 23 heavy (non-hydrogen) atoms. The number of halogens is 1. The SMILES string of the molecule is O=C1CC[C@H](C(=O)N[C@@H](c2cccc(Cl)c2)c2ccccn2)N1. The van der Waals surface area contributed by atoms with E-state index >= 15 is 0 Å². The third kappa shape index (κ3) is 3.68. The number of nitrogens with one attached hydrogen (secondary N) is 2. The third-order valence-corrected chi connectivity index (χ3v) is 4.00. The Labute approximate surface area is 139 Å². The van der Waals surface area contributed by atoms with Crippen molar-refractivity contribution < 1.29 is 9.59 Å². The topological polar surface area (TPSA) is 71.1 Å². The van der Waals surface area contributed by atoms with Crippen LogP contribution >= 0.6 is 11.6 Å². The van der Waals surface area contributed by atoms with Crippen molar-refractivity contribution in [3.8, 4) is 0 Å². The zero-order valence-electron chi connectivity index (χ0n) is 12.3. The van der Waals surface area contributed by atoms with Crippen LogP contribution < -0.4 is 10.6 Å². The third-order valence-electron chi connectivity index (χ3n) is 3.76. The van der Waals surface area contributed by atoms with Crippen molar-refractivity contribution in [2.45, 2.75) is 24.9 Å². The summed E-state index contributed by atoms with van der Waals surface area (Å²) in [7, 11) is 0. The number of carbonyl (C=O) groups excluding carboxylic acids is 2. The molecule has 118 valence electrons.